The largest absolute Gasteiger partial charge is 0.481 e. The monoisotopic (exact) mass is 230 g/mol. The highest BCUT2D eigenvalue weighted by Crippen LogP contribution is 2.13. The van der Waals surface area contributed by atoms with Crippen molar-refractivity contribution in [1.29, 1.82) is 0 Å². The van der Waals surface area contributed by atoms with Crippen LogP contribution in [0.3, 0.4) is 0 Å². The van der Waals surface area contributed by atoms with Crippen LogP contribution >= 0.6 is 0 Å². The van der Waals surface area contributed by atoms with E-state index in [0.717, 1.165) is 38.5 Å². The van der Waals surface area contributed by atoms with Crippen molar-refractivity contribution in [2.24, 2.45) is 0 Å². The van der Waals surface area contributed by atoms with Gasteiger partial charge in [-0.1, -0.05) is 26.2 Å². The van der Waals surface area contributed by atoms with E-state index in [1.54, 1.807) is 0 Å². The maximum Gasteiger partial charge on any atom is 0.303 e. The van der Waals surface area contributed by atoms with Gasteiger partial charge in [0.05, 0.1) is 0 Å². The fraction of sp³-hybridized carbons (Fsp3) is 0.833. The van der Waals surface area contributed by atoms with Gasteiger partial charge in [-0.2, -0.15) is 0 Å². The van der Waals surface area contributed by atoms with Gasteiger partial charge in [0, 0.05) is 6.42 Å². The Morgan fingerprint density at radius 1 is 1.25 bits per heavy atom. The zero-order chi connectivity index (χ0) is 12.2. The van der Waals surface area contributed by atoms with Crippen LogP contribution in [0.4, 0.5) is 0 Å². The van der Waals surface area contributed by atoms with Crippen molar-refractivity contribution in [2.45, 2.75) is 64.4 Å². The highest BCUT2D eigenvalue weighted by atomic mass is 16.5. The van der Waals surface area contributed by atoms with Gasteiger partial charge < -0.3 is 9.84 Å². The topological polar surface area (TPSA) is 63.6 Å². The third kappa shape index (κ3) is 9.49. The van der Waals surface area contributed by atoms with Crippen LogP contribution in [0.5, 0.6) is 0 Å². The summed E-state index contributed by atoms with van der Waals surface area (Å²) in [6.45, 7) is 2.61. The Kier molecular flexibility index (Phi) is 9.76. The first-order valence-electron chi connectivity index (χ1n) is 6.01. The van der Waals surface area contributed by atoms with E-state index >= 15 is 0 Å². The molecule has 0 saturated carbocycles. The molecule has 0 aliphatic carbocycles. The molecule has 0 bridgehead atoms. The molecule has 0 aromatic carbocycles. The van der Waals surface area contributed by atoms with Gasteiger partial charge in [-0.15, -0.1) is 0 Å². The number of carbonyl (C=O) groups is 2. The van der Waals surface area contributed by atoms with Crippen LogP contribution in [0, 0.1) is 0 Å². The molecule has 0 heterocycles. The molecule has 0 radical (unpaired) electrons. The minimum absolute atomic E-state index is 0.0160. The average Bonchev–Trinajstić information content (AvgIpc) is 2.24. The Morgan fingerprint density at radius 2 is 1.94 bits per heavy atom. The molecule has 0 fully saturated rings. The zero-order valence-electron chi connectivity index (χ0n) is 9.98. The third-order valence-corrected chi connectivity index (χ3v) is 2.54. The molecule has 1 unspecified atom stereocenters. The second kappa shape index (κ2) is 10.5. The third-order valence-electron chi connectivity index (χ3n) is 2.54. The molecule has 4 nitrogen and oxygen atoms in total. The first-order chi connectivity index (χ1) is 7.70. The fourth-order valence-electron chi connectivity index (χ4n) is 1.62. The van der Waals surface area contributed by atoms with Crippen molar-refractivity contribution in [3.8, 4) is 0 Å². The summed E-state index contributed by atoms with van der Waals surface area (Å²) in [5, 5.41) is 8.45. The molecule has 0 amide bonds. The van der Waals surface area contributed by atoms with Gasteiger partial charge in [0.15, 0.2) is 0 Å². The molecule has 0 aromatic heterocycles. The van der Waals surface area contributed by atoms with Gasteiger partial charge >= 0.3 is 5.97 Å². The Bertz CT molecular complexity index is 191. The SMILES string of the molecule is CCCCC(CCCCCC(=O)O)OC=O. The molecule has 94 valence electrons. The second-order valence-electron chi connectivity index (χ2n) is 3.99. The van der Waals surface area contributed by atoms with Crippen LogP contribution in [0.1, 0.15) is 58.3 Å². The van der Waals surface area contributed by atoms with E-state index in [1.807, 2.05) is 0 Å². The molecule has 4 heteroatoms. The number of carboxylic acid groups (broad SMARTS) is 1. The maximum absolute atomic E-state index is 10.3. The Morgan fingerprint density at radius 3 is 2.50 bits per heavy atom. The predicted octanol–water partition coefficient (Wildman–Crippen LogP) is 2.75. The number of rotatable bonds is 11. The summed E-state index contributed by atoms with van der Waals surface area (Å²) in [6, 6.07) is 0. The van der Waals surface area contributed by atoms with Crippen LogP contribution in [0.25, 0.3) is 0 Å². The van der Waals surface area contributed by atoms with Gasteiger partial charge in [-0.25, -0.2) is 0 Å². The minimum atomic E-state index is -0.744. The summed E-state index contributed by atoms with van der Waals surface area (Å²) in [6.07, 6.45) is 6.68. The van der Waals surface area contributed by atoms with Gasteiger partial charge in [-0.05, 0) is 25.7 Å². The van der Waals surface area contributed by atoms with E-state index in [2.05, 4.69) is 6.92 Å². The smallest absolute Gasteiger partial charge is 0.303 e. The lowest BCUT2D eigenvalue weighted by Gasteiger charge is -2.14. The lowest BCUT2D eigenvalue weighted by molar-refractivity contribution is -0.137. The average molecular weight is 230 g/mol. The lowest BCUT2D eigenvalue weighted by Crippen LogP contribution is -2.11. The van der Waals surface area contributed by atoms with Gasteiger partial charge in [0.25, 0.3) is 6.47 Å². The van der Waals surface area contributed by atoms with E-state index in [4.69, 9.17) is 9.84 Å². The molecule has 0 aliphatic heterocycles. The van der Waals surface area contributed by atoms with Crippen LogP contribution in [0.15, 0.2) is 0 Å². The maximum atomic E-state index is 10.3. The van der Waals surface area contributed by atoms with Crippen molar-refractivity contribution in [1.82, 2.24) is 0 Å². The summed E-state index contributed by atoms with van der Waals surface area (Å²) in [7, 11) is 0. The van der Waals surface area contributed by atoms with Crippen molar-refractivity contribution in [2.75, 3.05) is 0 Å². The number of carbonyl (C=O) groups excluding carboxylic acids is 1. The van der Waals surface area contributed by atoms with Crippen LogP contribution in [-0.4, -0.2) is 23.7 Å². The van der Waals surface area contributed by atoms with E-state index in [-0.39, 0.29) is 12.5 Å². The quantitative estimate of drug-likeness (QED) is 0.438. The van der Waals surface area contributed by atoms with E-state index < -0.39 is 5.97 Å². The van der Waals surface area contributed by atoms with Crippen molar-refractivity contribution >= 4 is 12.4 Å². The summed E-state index contributed by atoms with van der Waals surface area (Å²) in [4.78, 5) is 20.5. The van der Waals surface area contributed by atoms with Crippen LogP contribution in [0.2, 0.25) is 0 Å². The first-order valence-corrected chi connectivity index (χ1v) is 6.01. The lowest BCUT2D eigenvalue weighted by atomic mass is 10.0. The van der Waals surface area contributed by atoms with Gasteiger partial charge in [0.2, 0.25) is 0 Å². The highest BCUT2D eigenvalue weighted by Gasteiger charge is 2.08. The number of carboxylic acids is 1. The minimum Gasteiger partial charge on any atom is -0.481 e. The molecule has 0 saturated heterocycles. The molecule has 0 aliphatic rings. The summed E-state index contributed by atoms with van der Waals surface area (Å²) >= 11 is 0. The van der Waals surface area contributed by atoms with E-state index in [9.17, 15) is 9.59 Å². The molecule has 1 N–H and O–H groups in total. The van der Waals surface area contributed by atoms with E-state index in [1.165, 1.54) is 0 Å². The number of aliphatic carboxylic acids is 1. The number of hydrogen-bond donors (Lipinski definition) is 1. The van der Waals surface area contributed by atoms with Crippen molar-refractivity contribution < 1.29 is 19.4 Å². The van der Waals surface area contributed by atoms with E-state index in [0.29, 0.717) is 12.9 Å². The summed E-state index contributed by atoms with van der Waals surface area (Å²) < 4.78 is 4.97. The zero-order valence-corrected chi connectivity index (χ0v) is 9.98. The number of ether oxygens (including phenoxy) is 1. The molecule has 0 rings (SSSR count). The van der Waals surface area contributed by atoms with Gasteiger partial charge in [0.1, 0.15) is 6.10 Å². The van der Waals surface area contributed by atoms with Crippen molar-refractivity contribution in [3.63, 3.8) is 0 Å². The number of hydrogen-bond acceptors (Lipinski definition) is 3. The molecule has 0 aromatic rings. The number of unbranched alkanes of at least 4 members (excludes halogenated alkanes) is 3. The molecular formula is C12H22O4. The fourth-order valence-corrected chi connectivity index (χ4v) is 1.62. The first kappa shape index (κ1) is 14.9. The second-order valence-corrected chi connectivity index (χ2v) is 3.99. The predicted molar refractivity (Wildman–Crippen MR) is 61.2 cm³/mol. The molecule has 0 spiro atoms. The standard InChI is InChI=1S/C12H22O4/c1-2-3-7-11(16-10-13)8-5-4-6-9-12(14)15/h10-11H,2-9H2,1H3,(H,14,15). The Hall–Kier alpha value is -1.06. The molecule has 16 heavy (non-hydrogen) atoms. The van der Waals surface area contributed by atoms with Crippen LogP contribution in [-0.2, 0) is 14.3 Å². The highest BCUT2D eigenvalue weighted by molar-refractivity contribution is 5.66. The van der Waals surface area contributed by atoms with Gasteiger partial charge in [-0.3, -0.25) is 9.59 Å². The van der Waals surface area contributed by atoms with Crippen molar-refractivity contribution in [3.05, 3.63) is 0 Å². The summed E-state index contributed by atoms with van der Waals surface area (Å²) in [5.74, 6) is -0.744. The molecular weight excluding hydrogens is 208 g/mol. The Labute approximate surface area is 97.0 Å². The summed E-state index contributed by atoms with van der Waals surface area (Å²) in [5.41, 5.74) is 0. The Balaban J connectivity index is 3.50. The van der Waals surface area contributed by atoms with Crippen LogP contribution < -0.4 is 0 Å². The normalized spacial score (nSPS) is 12.1. The molecule has 1 atom stereocenters.